The minimum atomic E-state index is -0.380. The fraction of sp³-hybridized carbons (Fsp3) is 0.188. The van der Waals surface area contributed by atoms with Gasteiger partial charge in [-0.1, -0.05) is 12.1 Å². The number of benzene rings is 1. The van der Waals surface area contributed by atoms with Gasteiger partial charge in [-0.05, 0) is 30.7 Å². The molecule has 1 aromatic carbocycles. The van der Waals surface area contributed by atoms with Crippen LogP contribution in [0.3, 0.4) is 0 Å². The quantitative estimate of drug-likeness (QED) is 0.794. The standard InChI is InChI=1S/C16H16N4O/c1-2-21-12-7-11(8-18-9-12)16(17)15-10-19-13-5-3-4-6-14(13)20-15/h3-10,16H,2,17H2,1H3. The molecule has 0 fully saturated rings. The third-order valence-corrected chi connectivity index (χ3v) is 3.19. The van der Waals surface area contributed by atoms with Crippen LogP contribution in [0.2, 0.25) is 0 Å². The van der Waals surface area contributed by atoms with Crippen molar-refractivity contribution in [3.05, 3.63) is 60.2 Å². The molecule has 1 atom stereocenters. The summed E-state index contributed by atoms with van der Waals surface area (Å²) in [4.78, 5) is 13.1. The van der Waals surface area contributed by atoms with E-state index in [0.717, 1.165) is 16.6 Å². The summed E-state index contributed by atoms with van der Waals surface area (Å²) in [5.41, 5.74) is 9.53. The number of aromatic nitrogens is 3. The van der Waals surface area contributed by atoms with Crippen molar-refractivity contribution in [2.45, 2.75) is 13.0 Å². The van der Waals surface area contributed by atoms with E-state index in [-0.39, 0.29) is 6.04 Å². The van der Waals surface area contributed by atoms with Crippen molar-refractivity contribution in [3.63, 3.8) is 0 Å². The Kier molecular flexibility index (Phi) is 3.75. The zero-order chi connectivity index (χ0) is 14.7. The van der Waals surface area contributed by atoms with E-state index in [1.54, 1.807) is 18.6 Å². The zero-order valence-electron chi connectivity index (χ0n) is 11.7. The fourth-order valence-corrected chi connectivity index (χ4v) is 2.14. The first kappa shape index (κ1) is 13.5. The van der Waals surface area contributed by atoms with Crippen molar-refractivity contribution in [1.82, 2.24) is 15.0 Å². The Morgan fingerprint density at radius 2 is 1.95 bits per heavy atom. The van der Waals surface area contributed by atoms with E-state index in [4.69, 9.17) is 10.5 Å². The summed E-state index contributed by atoms with van der Waals surface area (Å²) in [6.07, 6.45) is 5.11. The summed E-state index contributed by atoms with van der Waals surface area (Å²) >= 11 is 0. The van der Waals surface area contributed by atoms with Gasteiger partial charge in [-0.3, -0.25) is 9.97 Å². The normalized spacial score (nSPS) is 12.3. The van der Waals surface area contributed by atoms with Gasteiger partial charge in [0.25, 0.3) is 0 Å². The largest absolute Gasteiger partial charge is 0.492 e. The molecule has 5 heteroatoms. The molecule has 0 aliphatic carbocycles. The predicted octanol–water partition coefficient (Wildman–Crippen LogP) is 2.47. The number of nitrogens with zero attached hydrogens (tertiary/aromatic N) is 3. The molecule has 1 unspecified atom stereocenters. The molecule has 0 saturated carbocycles. The summed E-state index contributed by atoms with van der Waals surface area (Å²) in [5, 5.41) is 0. The van der Waals surface area contributed by atoms with E-state index < -0.39 is 0 Å². The smallest absolute Gasteiger partial charge is 0.137 e. The number of para-hydroxylation sites is 2. The minimum Gasteiger partial charge on any atom is -0.492 e. The highest BCUT2D eigenvalue weighted by Gasteiger charge is 2.13. The summed E-state index contributed by atoms with van der Waals surface area (Å²) in [5.74, 6) is 0.708. The Hall–Kier alpha value is -2.53. The number of hydrogen-bond donors (Lipinski definition) is 1. The SMILES string of the molecule is CCOc1cncc(C(N)c2cnc3ccccc3n2)c1. The van der Waals surface area contributed by atoms with Gasteiger partial charge in [0.2, 0.25) is 0 Å². The highest BCUT2D eigenvalue weighted by atomic mass is 16.5. The van der Waals surface area contributed by atoms with Crippen LogP contribution in [0, 0.1) is 0 Å². The van der Waals surface area contributed by atoms with Crippen LogP contribution in [-0.4, -0.2) is 21.6 Å². The number of ether oxygens (including phenoxy) is 1. The third kappa shape index (κ3) is 2.83. The lowest BCUT2D eigenvalue weighted by Crippen LogP contribution is -2.14. The van der Waals surface area contributed by atoms with E-state index in [0.29, 0.717) is 18.1 Å². The summed E-state index contributed by atoms with van der Waals surface area (Å²) in [6, 6.07) is 9.23. The van der Waals surface area contributed by atoms with E-state index in [9.17, 15) is 0 Å². The number of hydrogen-bond acceptors (Lipinski definition) is 5. The summed E-state index contributed by atoms with van der Waals surface area (Å²) in [6.45, 7) is 2.53. The molecule has 106 valence electrons. The van der Waals surface area contributed by atoms with Crippen LogP contribution < -0.4 is 10.5 Å². The Balaban J connectivity index is 1.95. The third-order valence-electron chi connectivity index (χ3n) is 3.19. The molecule has 0 radical (unpaired) electrons. The van der Waals surface area contributed by atoms with Gasteiger partial charge in [-0.2, -0.15) is 0 Å². The highest BCUT2D eigenvalue weighted by molar-refractivity contribution is 5.73. The van der Waals surface area contributed by atoms with Crippen LogP contribution in [0.4, 0.5) is 0 Å². The maximum atomic E-state index is 6.27. The van der Waals surface area contributed by atoms with Crippen molar-refractivity contribution in [1.29, 1.82) is 0 Å². The lowest BCUT2D eigenvalue weighted by Gasteiger charge is -2.12. The predicted molar refractivity (Wildman–Crippen MR) is 81.0 cm³/mol. The number of nitrogens with two attached hydrogens (primary N) is 1. The molecular formula is C16H16N4O. The summed E-state index contributed by atoms with van der Waals surface area (Å²) in [7, 11) is 0. The molecule has 2 N–H and O–H groups in total. The lowest BCUT2D eigenvalue weighted by molar-refractivity contribution is 0.338. The van der Waals surface area contributed by atoms with Crippen molar-refractivity contribution in [3.8, 4) is 5.75 Å². The van der Waals surface area contributed by atoms with E-state index in [1.807, 2.05) is 37.3 Å². The van der Waals surface area contributed by atoms with Gasteiger partial charge in [0.1, 0.15) is 5.75 Å². The zero-order valence-corrected chi connectivity index (χ0v) is 11.7. The van der Waals surface area contributed by atoms with Gasteiger partial charge < -0.3 is 10.5 Å². The van der Waals surface area contributed by atoms with Gasteiger partial charge in [-0.15, -0.1) is 0 Å². The molecule has 0 amide bonds. The number of rotatable bonds is 4. The maximum Gasteiger partial charge on any atom is 0.137 e. The second kappa shape index (κ2) is 5.85. The van der Waals surface area contributed by atoms with Crippen molar-refractivity contribution in [2.75, 3.05) is 6.61 Å². The van der Waals surface area contributed by atoms with Crippen LogP contribution >= 0.6 is 0 Å². The Labute approximate surface area is 122 Å². The number of pyridine rings is 1. The van der Waals surface area contributed by atoms with Crippen LogP contribution in [0.5, 0.6) is 5.75 Å². The molecule has 5 nitrogen and oxygen atoms in total. The molecule has 0 bridgehead atoms. The Bertz CT molecular complexity index is 760. The number of fused-ring (bicyclic) bond motifs is 1. The molecule has 2 aromatic heterocycles. The first-order valence-electron chi connectivity index (χ1n) is 6.83. The molecule has 0 aliphatic heterocycles. The molecule has 3 aromatic rings. The van der Waals surface area contributed by atoms with Crippen LogP contribution in [0.1, 0.15) is 24.2 Å². The Morgan fingerprint density at radius 3 is 2.76 bits per heavy atom. The Morgan fingerprint density at radius 1 is 1.14 bits per heavy atom. The molecule has 3 rings (SSSR count). The van der Waals surface area contributed by atoms with Crippen LogP contribution in [0.15, 0.2) is 48.9 Å². The average molecular weight is 280 g/mol. The fourth-order valence-electron chi connectivity index (χ4n) is 2.14. The molecule has 2 heterocycles. The van der Waals surface area contributed by atoms with Crippen LogP contribution in [0.25, 0.3) is 11.0 Å². The highest BCUT2D eigenvalue weighted by Crippen LogP contribution is 2.21. The van der Waals surface area contributed by atoms with Gasteiger partial charge in [-0.25, -0.2) is 4.98 Å². The second-order valence-corrected chi connectivity index (χ2v) is 4.65. The van der Waals surface area contributed by atoms with Gasteiger partial charge in [0.15, 0.2) is 0 Å². The van der Waals surface area contributed by atoms with Crippen molar-refractivity contribution in [2.24, 2.45) is 5.73 Å². The molecular weight excluding hydrogens is 264 g/mol. The molecule has 0 spiro atoms. The van der Waals surface area contributed by atoms with Gasteiger partial charge in [0.05, 0.1) is 41.8 Å². The van der Waals surface area contributed by atoms with E-state index in [1.165, 1.54) is 0 Å². The van der Waals surface area contributed by atoms with Gasteiger partial charge >= 0.3 is 0 Å². The second-order valence-electron chi connectivity index (χ2n) is 4.65. The van der Waals surface area contributed by atoms with Crippen molar-refractivity contribution >= 4 is 11.0 Å². The topological polar surface area (TPSA) is 73.9 Å². The van der Waals surface area contributed by atoms with E-state index in [2.05, 4.69) is 15.0 Å². The maximum absolute atomic E-state index is 6.27. The summed E-state index contributed by atoms with van der Waals surface area (Å²) < 4.78 is 5.45. The lowest BCUT2D eigenvalue weighted by atomic mass is 10.1. The van der Waals surface area contributed by atoms with E-state index >= 15 is 0 Å². The minimum absolute atomic E-state index is 0.380. The molecule has 0 saturated heterocycles. The first-order valence-corrected chi connectivity index (χ1v) is 6.83. The van der Waals surface area contributed by atoms with Crippen molar-refractivity contribution < 1.29 is 4.74 Å². The van der Waals surface area contributed by atoms with Gasteiger partial charge in [0, 0.05) is 6.20 Å². The van der Waals surface area contributed by atoms with Crippen LogP contribution in [-0.2, 0) is 0 Å². The molecule has 21 heavy (non-hydrogen) atoms. The average Bonchev–Trinajstić information content (AvgIpc) is 2.54. The molecule has 0 aliphatic rings. The monoisotopic (exact) mass is 280 g/mol. The first-order chi connectivity index (χ1) is 10.3.